The van der Waals surface area contributed by atoms with Crippen LogP contribution in [-0.2, 0) is 4.84 Å². The Morgan fingerprint density at radius 2 is 2.25 bits per heavy atom. The molecule has 0 radical (unpaired) electrons. The van der Waals surface area contributed by atoms with Crippen molar-refractivity contribution in [3.8, 4) is 6.07 Å². The quantitative estimate of drug-likeness (QED) is 0.747. The number of hydrogen-bond acceptors (Lipinski definition) is 4. The standard InChI is InChI=1S/C12H12N2OS/c1-8-3-4-11(5-9(8)2)16-12-6-10(7-13)15-14-12/h3-5,10H,6H2,1-2H3. The highest BCUT2D eigenvalue weighted by Gasteiger charge is 2.20. The number of rotatable bonds is 1. The summed E-state index contributed by atoms with van der Waals surface area (Å²) in [6.45, 7) is 4.18. The smallest absolute Gasteiger partial charge is 0.218 e. The fourth-order valence-electron chi connectivity index (χ4n) is 1.40. The maximum Gasteiger partial charge on any atom is 0.218 e. The second kappa shape index (κ2) is 4.58. The van der Waals surface area contributed by atoms with Crippen LogP contribution in [-0.4, -0.2) is 11.1 Å². The summed E-state index contributed by atoms with van der Waals surface area (Å²) in [5.74, 6) is 0. The first-order chi connectivity index (χ1) is 7.69. The molecule has 3 nitrogen and oxygen atoms in total. The molecule has 1 heterocycles. The van der Waals surface area contributed by atoms with E-state index in [0.717, 1.165) is 9.94 Å². The van der Waals surface area contributed by atoms with Gasteiger partial charge in [0, 0.05) is 4.90 Å². The number of nitrogens with zero attached hydrogens (tertiary/aromatic N) is 2. The molecular formula is C12H12N2OS. The maximum atomic E-state index is 8.67. The molecule has 0 N–H and O–H groups in total. The SMILES string of the molecule is Cc1ccc(SC2=NOC(C#N)C2)cc1C. The molecule has 2 rings (SSSR count). The molecule has 0 saturated carbocycles. The molecule has 0 saturated heterocycles. The highest BCUT2D eigenvalue weighted by Crippen LogP contribution is 2.27. The lowest BCUT2D eigenvalue weighted by Crippen LogP contribution is -2.01. The van der Waals surface area contributed by atoms with Crippen LogP contribution >= 0.6 is 11.8 Å². The van der Waals surface area contributed by atoms with Gasteiger partial charge in [0.15, 0.2) is 0 Å². The van der Waals surface area contributed by atoms with Crippen molar-refractivity contribution in [2.24, 2.45) is 5.16 Å². The number of benzene rings is 1. The molecule has 16 heavy (non-hydrogen) atoms. The zero-order valence-electron chi connectivity index (χ0n) is 9.23. The van der Waals surface area contributed by atoms with Gasteiger partial charge < -0.3 is 4.84 Å². The van der Waals surface area contributed by atoms with Gasteiger partial charge in [-0.3, -0.25) is 0 Å². The van der Waals surface area contributed by atoms with Crippen molar-refractivity contribution in [3.05, 3.63) is 29.3 Å². The minimum atomic E-state index is -0.408. The molecular weight excluding hydrogens is 220 g/mol. The van der Waals surface area contributed by atoms with Crippen LogP contribution in [0.15, 0.2) is 28.3 Å². The van der Waals surface area contributed by atoms with Crippen molar-refractivity contribution in [1.82, 2.24) is 0 Å². The van der Waals surface area contributed by atoms with Crippen molar-refractivity contribution in [2.75, 3.05) is 0 Å². The fourth-order valence-corrected chi connectivity index (χ4v) is 2.36. The second-order valence-corrected chi connectivity index (χ2v) is 4.91. The Balaban J connectivity index is 2.06. The Morgan fingerprint density at radius 3 is 2.88 bits per heavy atom. The van der Waals surface area contributed by atoms with Gasteiger partial charge in [-0.1, -0.05) is 23.0 Å². The molecule has 0 bridgehead atoms. The number of oxime groups is 1. The molecule has 0 spiro atoms. The number of thioether (sulfide) groups is 1. The molecule has 0 fully saturated rings. The summed E-state index contributed by atoms with van der Waals surface area (Å²) in [4.78, 5) is 6.09. The average Bonchev–Trinajstić information content (AvgIpc) is 2.71. The minimum absolute atomic E-state index is 0.408. The van der Waals surface area contributed by atoms with Gasteiger partial charge in [-0.2, -0.15) is 5.26 Å². The van der Waals surface area contributed by atoms with Gasteiger partial charge in [-0.25, -0.2) is 0 Å². The lowest BCUT2D eigenvalue weighted by Gasteiger charge is -2.03. The van der Waals surface area contributed by atoms with E-state index in [1.54, 1.807) is 11.8 Å². The van der Waals surface area contributed by atoms with Crippen LogP contribution in [0.1, 0.15) is 17.5 Å². The van der Waals surface area contributed by atoms with Crippen LogP contribution in [0, 0.1) is 25.2 Å². The molecule has 1 aromatic carbocycles. The van der Waals surface area contributed by atoms with Gasteiger partial charge in [-0.05, 0) is 37.1 Å². The Morgan fingerprint density at radius 1 is 1.44 bits per heavy atom. The van der Waals surface area contributed by atoms with Crippen LogP contribution < -0.4 is 0 Å². The number of nitriles is 1. The second-order valence-electron chi connectivity index (χ2n) is 3.76. The van der Waals surface area contributed by atoms with E-state index in [2.05, 4.69) is 43.3 Å². The normalized spacial score (nSPS) is 18.8. The highest BCUT2D eigenvalue weighted by molar-refractivity contribution is 8.14. The van der Waals surface area contributed by atoms with Crippen LogP contribution in [0.3, 0.4) is 0 Å². The van der Waals surface area contributed by atoms with Crippen molar-refractivity contribution in [2.45, 2.75) is 31.3 Å². The zero-order chi connectivity index (χ0) is 11.5. The molecule has 1 unspecified atom stereocenters. The first-order valence-corrected chi connectivity index (χ1v) is 5.88. The molecule has 1 aromatic rings. The van der Waals surface area contributed by atoms with Gasteiger partial charge in [-0.15, -0.1) is 0 Å². The van der Waals surface area contributed by atoms with E-state index in [4.69, 9.17) is 10.1 Å². The summed E-state index contributed by atoms with van der Waals surface area (Å²) in [5, 5.41) is 13.4. The lowest BCUT2D eigenvalue weighted by molar-refractivity contribution is 0.125. The predicted octanol–water partition coefficient (Wildman–Crippen LogP) is 3.02. The molecule has 1 atom stereocenters. The van der Waals surface area contributed by atoms with Crippen molar-refractivity contribution in [3.63, 3.8) is 0 Å². The molecule has 82 valence electrons. The van der Waals surface area contributed by atoms with Gasteiger partial charge in [0.1, 0.15) is 11.1 Å². The molecule has 1 aliphatic rings. The van der Waals surface area contributed by atoms with E-state index in [0.29, 0.717) is 6.42 Å². The van der Waals surface area contributed by atoms with Crippen LogP contribution in [0.4, 0.5) is 0 Å². The molecule has 1 aliphatic heterocycles. The monoisotopic (exact) mass is 232 g/mol. The lowest BCUT2D eigenvalue weighted by atomic mass is 10.1. The van der Waals surface area contributed by atoms with Crippen molar-refractivity contribution < 1.29 is 4.84 Å². The summed E-state index contributed by atoms with van der Waals surface area (Å²) in [7, 11) is 0. The topological polar surface area (TPSA) is 45.4 Å². The van der Waals surface area contributed by atoms with Gasteiger partial charge in [0.05, 0.1) is 6.42 Å². The Hall–Kier alpha value is -1.47. The van der Waals surface area contributed by atoms with Crippen molar-refractivity contribution >= 4 is 16.8 Å². The average molecular weight is 232 g/mol. The highest BCUT2D eigenvalue weighted by atomic mass is 32.2. The Bertz CT molecular complexity index is 476. The Labute approximate surface area is 99.1 Å². The first kappa shape index (κ1) is 11.0. The van der Waals surface area contributed by atoms with Crippen molar-refractivity contribution in [1.29, 1.82) is 5.26 Å². The van der Waals surface area contributed by atoms with Crippen LogP contribution in [0.25, 0.3) is 0 Å². The largest absolute Gasteiger partial charge is 0.376 e. The van der Waals surface area contributed by atoms with E-state index in [1.807, 2.05) is 0 Å². The van der Waals surface area contributed by atoms with E-state index in [1.165, 1.54) is 11.1 Å². The molecule has 0 amide bonds. The van der Waals surface area contributed by atoms with E-state index >= 15 is 0 Å². The molecule has 0 aliphatic carbocycles. The van der Waals surface area contributed by atoms with Gasteiger partial charge in [0.2, 0.25) is 6.10 Å². The zero-order valence-corrected chi connectivity index (χ0v) is 10.0. The van der Waals surface area contributed by atoms with Crippen LogP contribution in [0.5, 0.6) is 0 Å². The van der Waals surface area contributed by atoms with E-state index in [9.17, 15) is 0 Å². The summed E-state index contributed by atoms with van der Waals surface area (Å²) in [6.07, 6.45) is 0.183. The molecule has 4 heteroatoms. The number of aryl methyl sites for hydroxylation is 2. The first-order valence-electron chi connectivity index (χ1n) is 5.06. The Kier molecular flexibility index (Phi) is 3.16. The van der Waals surface area contributed by atoms with Gasteiger partial charge in [0.25, 0.3) is 0 Å². The summed E-state index contributed by atoms with van der Waals surface area (Å²) in [6, 6.07) is 8.33. The third-order valence-corrected chi connectivity index (χ3v) is 3.47. The summed E-state index contributed by atoms with van der Waals surface area (Å²) in [5.41, 5.74) is 2.55. The molecule has 0 aromatic heterocycles. The van der Waals surface area contributed by atoms with Crippen LogP contribution in [0.2, 0.25) is 0 Å². The van der Waals surface area contributed by atoms with E-state index in [-0.39, 0.29) is 0 Å². The summed E-state index contributed by atoms with van der Waals surface area (Å²) < 4.78 is 0. The fraction of sp³-hybridized carbons (Fsp3) is 0.333. The summed E-state index contributed by atoms with van der Waals surface area (Å²) >= 11 is 1.57. The minimum Gasteiger partial charge on any atom is -0.376 e. The van der Waals surface area contributed by atoms with Gasteiger partial charge >= 0.3 is 0 Å². The maximum absolute atomic E-state index is 8.67. The predicted molar refractivity (Wildman–Crippen MR) is 64.3 cm³/mol. The number of hydrogen-bond donors (Lipinski definition) is 0. The third-order valence-electron chi connectivity index (χ3n) is 2.50. The van der Waals surface area contributed by atoms with E-state index < -0.39 is 6.10 Å². The third kappa shape index (κ3) is 2.37.